The van der Waals surface area contributed by atoms with Gasteiger partial charge in [-0.05, 0) is 37.5 Å². The number of carbonyl (C=O) groups is 4. The van der Waals surface area contributed by atoms with E-state index in [-0.39, 0.29) is 25.7 Å². The van der Waals surface area contributed by atoms with Crippen LogP contribution in [0.1, 0.15) is 440 Å². The molecule has 0 saturated carbocycles. The normalized spacial score (nSPS) is 14.1. The van der Waals surface area contributed by atoms with E-state index in [9.17, 15) is 43.2 Å². The van der Waals surface area contributed by atoms with Gasteiger partial charge in [-0.1, -0.05) is 388 Å². The van der Waals surface area contributed by atoms with E-state index >= 15 is 0 Å². The summed E-state index contributed by atoms with van der Waals surface area (Å²) in [5.74, 6) is -0.417. The third-order valence-corrected chi connectivity index (χ3v) is 21.7. The average Bonchev–Trinajstić information content (AvgIpc) is 0.915. The van der Waals surface area contributed by atoms with Crippen molar-refractivity contribution in [3.05, 3.63) is 0 Å². The van der Waals surface area contributed by atoms with Crippen LogP contribution in [0.5, 0.6) is 0 Å². The van der Waals surface area contributed by atoms with Crippen molar-refractivity contribution in [2.75, 3.05) is 39.6 Å². The summed E-state index contributed by atoms with van der Waals surface area (Å²) < 4.78 is 68.6. The van der Waals surface area contributed by atoms with Crippen molar-refractivity contribution in [3.8, 4) is 0 Å². The molecule has 102 heavy (non-hydrogen) atoms. The van der Waals surface area contributed by atoms with Crippen molar-refractivity contribution in [2.24, 2.45) is 11.8 Å². The first-order valence-electron chi connectivity index (χ1n) is 43.0. The van der Waals surface area contributed by atoms with Gasteiger partial charge in [-0.25, -0.2) is 9.13 Å². The molecule has 0 aromatic carbocycles. The number of unbranched alkanes of at least 4 members (excludes halogenated alkanes) is 51. The lowest BCUT2D eigenvalue weighted by Crippen LogP contribution is -2.30. The summed E-state index contributed by atoms with van der Waals surface area (Å²) in [7, 11) is -9.91. The fraction of sp³-hybridized carbons (Fsp3) is 0.952. The van der Waals surface area contributed by atoms with Crippen molar-refractivity contribution in [2.45, 2.75) is 458 Å². The van der Waals surface area contributed by atoms with Gasteiger partial charge >= 0.3 is 39.5 Å². The smallest absolute Gasteiger partial charge is 0.462 e. The van der Waals surface area contributed by atoms with E-state index in [1.807, 2.05) is 0 Å². The predicted octanol–water partition coefficient (Wildman–Crippen LogP) is 25.1. The number of phosphoric ester groups is 2. The van der Waals surface area contributed by atoms with Crippen LogP contribution in [0, 0.1) is 11.8 Å². The fourth-order valence-corrected chi connectivity index (χ4v) is 14.4. The number of aliphatic hydroxyl groups is 1. The topological polar surface area (TPSA) is 237 Å². The average molecular weight is 1490 g/mol. The molecule has 0 radical (unpaired) electrons. The van der Waals surface area contributed by atoms with E-state index in [2.05, 4.69) is 41.5 Å². The molecule has 17 nitrogen and oxygen atoms in total. The Morgan fingerprint density at radius 3 is 0.745 bits per heavy atom. The Morgan fingerprint density at radius 2 is 0.500 bits per heavy atom. The Kier molecular flexibility index (Phi) is 73.1. The van der Waals surface area contributed by atoms with Crippen molar-refractivity contribution in [1.82, 2.24) is 0 Å². The Labute approximate surface area is 626 Å². The molecule has 0 aromatic heterocycles. The summed E-state index contributed by atoms with van der Waals surface area (Å²) in [6.45, 7) is 9.70. The summed E-state index contributed by atoms with van der Waals surface area (Å²) in [6.07, 6.45) is 65.5. The highest BCUT2D eigenvalue weighted by atomic mass is 31.2. The molecular weight excluding hydrogens is 1330 g/mol. The van der Waals surface area contributed by atoms with Gasteiger partial charge in [-0.2, -0.15) is 0 Å². The molecule has 0 aromatic rings. The molecule has 0 amide bonds. The molecule has 6 atom stereocenters. The van der Waals surface area contributed by atoms with Crippen LogP contribution >= 0.6 is 15.6 Å². The molecule has 3 N–H and O–H groups in total. The standard InChI is InChI=1S/C83H162O17P2/c1-7-10-12-14-16-17-18-37-43-49-55-61-67-82(87)99-78(71-93-80(85)65-59-53-45-15-13-11-8-2)73-97-101(89,90)95-69-77(84)70-96-102(91,92)98-74-79(72-94-81(86)66-60-54-48-42-38-33-29-25-21-19-23-27-31-35-40-46-51-57-63-75(4)5)100-83(88)68-62-56-50-44-39-34-30-26-22-20-24-28-32-36-41-47-52-58-64-76(6)9-3/h75-79,84H,7-74H2,1-6H3,(H,89,90)(H,91,92)/t76?,77-,78+,79+/m0/s1. The van der Waals surface area contributed by atoms with Gasteiger partial charge in [0.05, 0.1) is 26.4 Å². The summed E-state index contributed by atoms with van der Waals surface area (Å²) in [6, 6.07) is 0. The Hall–Kier alpha value is -1.94. The Bertz CT molecular complexity index is 1960. The number of phosphoric acid groups is 2. The first-order chi connectivity index (χ1) is 49.4. The number of esters is 4. The van der Waals surface area contributed by atoms with E-state index < -0.39 is 97.5 Å². The first kappa shape index (κ1) is 100. The van der Waals surface area contributed by atoms with Crippen molar-refractivity contribution in [3.63, 3.8) is 0 Å². The molecule has 19 heteroatoms. The Balaban J connectivity index is 5.14. The van der Waals surface area contributed by atoms with Gasteiger partial charge in [0.15, 0.2) is 12.2 Å². The predicted molar refractivity (Wildman–Crippen MR) is 418 cm³/mol. The molecule has 0 heterocycles. The monoisotopic (exact) mass is 1490 g/mol. The van der Waals surface area contributed by atoms with Crippen LogP contribution in [-0.4, -0.2) is 96.7 Å². The van der Waals surface area contributed by atoms with Crippen molar-refractivity contribution >= 4 is 39.5 Å². The fourth-order valence-electron chi connectivity index (χ4n) is 12.9. The lowest BCUT2D eigenvalue weighted by Gasteiger charge is -2.21. The molecule has 0 saturated heterocycles. The first-order valence-corrected chi connectivity index (χ1v) is 46.0. The second-order valence-corrected chi connectivity index (χ2v) is 33.5. The van der Waals surface area contributed by atoms with Crippen molar-refractivity contribution < 1.29 is 80.2 Å². The highest BCUT2D eigenvalue weighted by Gasteiger charge is 2.30. The zero-order valence-corrected chi connectivity index (χ0v) is 68.7. The Morgan fingerprint density at radius 1 is 0.284 bits per heavy atom. The summed E-state index contributed by atoms with van der Waals surface area (Å²) >= 11 is 0. The zero-order chi connectivity index (χ0) is 74.9. The van der Waals surface area contributed by atoms with Gasteiger partial charge in [0.2, 0.25) is 0 Å². The zero-order valence-electron chi connectivity index (χ0n) is 66.9. The van der Waals surface area contributed by atoms with Gasteiger partial charge in [-0.15, -0.1) is 0 Å². The highest BCUT2D eigenvalue weighted by Crippen LogP contribution is 2.45. The van der Waals surface area contributed by atoms with E-state index in [4.69, 9.17) is 37.0 Å². The summed E-state index contributed by atoms with van der Waals surface area (Å²) in [4.78, 5) is 72.9. The van der Waals surface area contributed by atoms with Crippen LogP contribution in [-0.2, 0) is 65.4 Å². The van der Waals surface area contributed by atoms with Gasteiger partial charge in [0.1, 0.15) is 19.3 Å². The maximum absolute atomic E-state index is 13.1. The largest absolute Gasteiger partial charge is 0.472 e. The second kappa shape index (κ2) is 74.5. The lowest BCUT2D eigenvalue weighted by molar-refractivity contribution is -0.161. The minimum Gasteiger partial charge on any atom is -0.462 e. The van der Waals surface area contributed by atoms with Gasteiger partial charge in [0.25, 0.3) is 0 Å². The van der Waals surface area contributed by atoms with Gasteiger partial charge in [-0.3, -0.25) is 37.3 Å². The van der Waals surface area contributed by atoms with Crippen LogP contribution in [0.4, 0.5) is 0 Å². The van der Waals surface area contributed by atoms with Crippen LogP contribution in [0.3, 0.4) is 0 Å². The highest BCUT2D eigenvalue weighted by molar-refractivity contribution is 7.47. The molecule has 0 rings (SSSR count). The third-order valence-electron chi connectivity index (χ3n) is 19.8. The third kappa shape index (κ3) is 74.9. The minimum absolute atomic E-state index is 0.107. The molecule has 0 fully saturated rings. The molecule has 0 aliphatic rings. The lowest BCUT2D eigenvalue weighted by atomic mass is 9.99. The molecule has 0 bridgehead atoms. The van der Waals surface area contributed by atoms with Crippen LogP contribution in [0.2, 0.25) is 0 Å². The van der Waals surface area contributed by atoms with E-state index in [1.165, 1.54) is 244 Å². The molecule has 606 valence electrons. The van der Waals surface area contributed by atoms with Crippen LogP contribution in [0.25, 0.3) is 0 Å². The van der Waals surface area contributed by atoms with Crippen LogP contribution < -0.4 is 0 Å². The minimum atomic E-state index is -4.96. The number of hydrogen-bond acceptors (Lipinski definition) is 15. The summed E-state index contributed by atoms with van der Waals surface area (Å²) in [5, 5.41) is 10.6. The number of rotatable bonds is 82. The quantitative estimate of drug-likeness (QED) is 0.0222. The van der Waals surface area contributed by atoms with Crippen LogP contribution in [0.15, 0.2) is 0 Å². The molecule has 3 unspecified atom stereocenters. The number of carbonyl (C=O) groups excluding carboxylic acids is 4. The maximum atomic E-state index is 13.1. The van der Waals surface area contributed by atoms with Crippen molar-refractivity contribution in [1.29, 1.82) is 0 Å². The van der Waals surface area contributed by atoms with Gasteiger partial charge < -0.3 is 33.8 Å². The van der Waals surface area contributed by atoms with E-state index in [1.54, 1.807) is 0 Å². The summed E-state index contributed by atoms with van der Waals surface area (Å²) in [5.41, 5.74) is 0. The number of aliphatic hydroxyl groups excluding tert-OH is 1. The molecule has 0 aliphatic heterocycles. The molecular formula is C83H162O17P2. The van der Waals surface area contributed by atoms with E-state index in [0.29, 0.717) is 25.7 Å². The number of hydrogen-bond donors (Lipinski definition) is 3. The number of ether oxygens (including phenoxy) is 4. The van der Waals surface area contributed by atoms with E-state index in [0.717, 1.165) is 115 Å². The maximum Gasteiger partial charge on any atom is 0.472 e. The van der Waals surface area contributed by atoms with Gasteiger partial charge in [0, 0.05) is 25.7 Å². The second-order valence-electron chi connectivity index (χ2n) is 30.6. The molecule has 0 aliphatic carbocycles. The SMILES string of the molecule is CCCCCCCCCCCCCCC(=O)O[C@H](COC(=O)CCCCCCCCC)COP(=O)(O)OC[C@H](O)COP(=O)(O)OC[C@@H](COC(=O)CCCCCCCCCCCCCCCCCCCCC(C)C)OC(=O)CCCCCCCCCCCCCCCCCCCCC(C)CC. The molecule has 0 spiro atoms.